The van der Waals surface area contributed by atoms with Crippen molar-refractivity contribution in [1.82, 2.24) is 9.97 Å². The fraction of sp³-hybridized carbons (Fsp3) is 0.292. The first-order valence-corrected chi connectivity index (χ1v) is 22.1. The molecule has 3 nitrogen and oxygen atoms in total. The number of benzene rings is 4. The molecule has 7 rings (SSSR count). The third-order valence-corrected chi connectivity index (χ3v) is 12.1. The summed E-state index contributed by atoms with van der Waals surface area (Å²) < 4.78 is 6.10. The Morgan fingerprint density at radius 1 is 0.717 bits per heavy atom. The van der Waals surface area contributed by atoms with Crippen LogP contribution in [0.5, 0.6) is 0 Å². The number of aromatic nitrogens is 2. The molecule has 0 aliphatic carbocycles. The maximum atomic E-state index is 6.10. The van der Waals surface area contributed by atoms with Crippen molar-refractivity contribution >= 4 is 35.2 Å². The first-order valence-electron chi connectivity index (χ1n) is 18.6. The second-order valence-corrected chi connectivity index (χ2v) is 21.7. The van der Waals surface area contributed by atoms with Crippen LogP contribution in [0.3, 0.4) is 0 Å². The molecule has 0 saturated heterocycles. The predicted molar refractivity (Wildman–Crippen MR) is 223 cm³/mol. The van der Waals surface area contributed by atoms with Crippen molar-refractivity contribution < 1.29 is 24.5 Å². The first kappa shape index (κ1) is 40.0. The van der Waals surface area contributed by atoms with Gasteiger partial charge in [-0.1, -0.05) is 126 Å². The molecule has 0 N–H and O–H groups in total. The summed E-state index contributed by atoms with van der Waals surface area (Å²) in [5.74, 6) is 1.10. The van der Waals surface area contributed by atoms with E-state index in [0.717, 1.165) is 57.3 Å². The van der Waals surface area contributed by atoms with E-state index in [9.17, 15) is 0 Å². The summed E-state index contributed by atoms with van der Waals surface area (Å²) >= 11 is 0. The molecule has 0 saturated carbocycles. The Kier molecular flexibility index (Phi) is 12.8. The van der Waals surface area contributed by atoms with Gasteiger partial charge in [-0.05, 0) is 76.0 Å². The zero-order valence-electron chi connectivity index (χ0n) is 32.7. The second-order valence-electron chi connectivity index (χ2n) is 16.6. The molecule has 3 heterocycles. The van der Waals surface area contributed by atoms with Crippen molar-refractivity contribution in [2.75, 3.05) is 0 Å². The van der Waals surface area contributed by atoms with Crippen molar-refractivity contribution in [2.24, 2.45) is 11.3 Å². The topological polar surface area (TPSA) is 38.9 Å². The van der Waals surface area contributed by atoms with Gasteiger partial charge in [0.15, 0.2) is 0 Å². The molecule has 4 aromatic carbocycles. The molecule has 5 heteroatoms. The van der Waals surface area contributed by atoms with Gasteiger partial charge in [-0.25, -0.2) is 0 Å². The molecule has 3 aromatic heterocycles. The zero-order valence-corrected chi connectivity index (χ0v) is 36.1. The summed E-state index contributed by atoms with van der Waals surface area (Å²) in [7, 11) is -1.34. The van der Waals surface area contributed by atoms with Gasteiger partial charge in [0, 0.05) is 37.9 Å². The normalized spacial score (nSPS) is 12.3. The SMILES string of the molecule is CC(C)Cc1cc(-c2[c-]cccc2)ncc1[Si](C)(C)C.CC(c1ccnc(-c2[c-]cc3oc4ccc(Cc5ccccc5)cc4c3c2)c1)C(C)(C)C.[Ir]. The molecule has 1 unspecified atom stereocenters. The summed E-state index contributed by atoms with van der Waals surface area (Å²) in [6, 6.07) is 42.5. The van der Waals surface area contributed by atoms with E-state index in [0.29, 0.717) is 11.8 Å². The van der Waals surface area contributed by atoms with E-state index < -0.39 is 8.07 Å². The molecule has 1 atom stereocenters. The molecule has 0 bridgehead atoms. The van der Waals surface area contributed by atoms with Crippen LogP contribution in [-0.2, 0) is 32.9 Å². The fourth-order valence-electron chi connectivity index (χ4n) is 6.70. The van der Waals surface area contributed by atoms with E-state index >= 15 is 0 Å². The minimum absolute atomic E-state index is 0. The van der Waals surface area contributed by atoms with Crippen LogP contribution in [0, 0.1) is 23.5 Å². The number of fused-ring (bicyclic) bond motifs is 3. The number of pyridine rings is 2. The van der Waals surface area contributed by atoms with Gasteiger partial charge in [0.1, 0.15) is 5.58 Å². The predicted octanol–water partition coefficient (Wildman–Crippen LogP) is 12.5. The summed E-state index contributed by atoms with van der Waals surface area (Å²) in [5.41, 5.74) is 11.4. The van der Waals surface area contributed by atoms with E-state index in [1.807, 2.05) is 30.5 Å². The van der Waals surface area contributed by atoms with Gasteiger partial charge < -0.3 is 14.4 Å². The Morgan fingerprint density at radius 2 is 1.43 bits per heavy atom. The quantitative estimate of drug-likeness (QED) is 0.113. The Morgan fingerprint density at radius 3 is 2.11 bits per heavy atom. The van der Waals surface area contributed by atoms with Crippen molar-refractivity contribution in [3.63, 3.8) is 0 Å². The van der Waals surface area contributed by atoms with Gasteiger partial charge in [-0.15, -0.1) is 59.7 Å². The van der Waals surface area contributed by atoms with Crippen molar-refractivity contribution in [1.29, 1.82) is 0 Å². The number of rotatable bonds is 8. The fourth-order valence-corrected chi connectivity index (χ4v) is 8.29. The van der Waals surface area contributed by atoms with Gasteiger partial charge in [0.25, 0.3) is 0 Å². The third kappa shape index (κ3) is 9.89. The maximum Gasteiger partial charge on any atom is 0.120 e. The number of hydrogen-bond donors (Lipinski definition) is 0. The van der Waals surface area contributed by atoms with Gasteiger partial charge in [0.2, 0.25) is 0 Å². The van der Waals surface area contributed by atoms with E-state index in [1.54, 1.807) is 0 Å². The Labute approximate surface area is 331 Å². The van der Waals surface area contributed by atoms with Gasteiger partial charge in [-0.3, -0.25) is 0 Å². The number of nitrogens with zero attached hydrogens (tertiary/aromatic N) is 2. The van der Waals surface area contributed by atoms with E-state index in [4.69, 9.17) is 4.42 Å². The summed E-state index contributed by atoms with van der Waals surface area (Å²) in [5, 5.41) is 3.74. The summed E-state index contributed by atoms with van der Waals surface area (Å²) in [6.07, 6.45) is 6.06. The van der Waals surface area contributed by atoms with Crippen molar-refractivity contribution in [2.45, 2.75) is 79.9 Å². The van der Waals surface area contributed by atoms with Crippen LogP contribution >= 0.6 is 0 Å². The van der Waals surface area contributed by atoms with Crippen LogP contribution < -0.4 is 5.19 Å². The number of furan rings is 1. The molecule has 275 valence electrons. The van der Waals surface area contributed by atoms with Crippen LogP contribution in [0.15, 0.2) is 120 Å². The monoisotopic (exact) mass is 893 g/mol. The minimum Gasteiger partial charge on any atom is -0.500 e. The van der Waals surface area contributed by atoms with Crippen molar-refractivity contribution in [3.8, 4) is 22.5 Å². The maximum absolute atomic E-state index is 6.10. The number of hydrogen-bond acceptors (Lipinski definition) is 3. The molecular weight excluding hydrogens is 841 g/mol. The smallest absolute Gasteiger partial charge is 0.120 e. The molecule has 53 heavy (non-hydrogen) atoms. The van der Waals surface area contributed by atoms with Gasteiger partial charge in [-0.2, -0.15) is 0 Å². The minimum atomic E-state index is -1.34. The first-order chi connectivity index (χ1) is 24.8. The van der Waals surface area contributed by atoms with Gasteiger partial charge in [0.05, 0.1) is 13.7 Å². The largest absolute Gasteiger partial charge is 0.500 e. The van der Waals surface area contributed by atoms with Crippen LogP contribution in [0.25, 0.3) is 44.5 Å². The van der Waals surface area contributed by atoms with Crippen LogP contribution in [0.4, 0.5) is 0 Å². The van der Waals surface area contributed by atoms with E-state index in [1.165, 1.54) is 27.4 Å². The van der Waals surface area contributed by atoms with Crippen LogP contribution in [0.2, 0.25) is 19.6 Å². The zero-order chi connectivity index (χ0) is 37.0. The standard InChI is InChI=1S/C30H28NO.C18H24NSi.Ir/c1-20(30(2,3)4)23-14-15-31-27(19-23)24-11-13-29-26(18-24)25-17-22(10-12-28(25)32-29)16-21-8-6-5-7-9-21;1-14(2)11-16-12-17(15-9-7-6-8-10-15)19-13-18(16)20(3,4)5;/h5-10,12-15,17-20H,16H2,1-4H3;6-9,12-14H,11H2,1-5H3;/q2*-1;. The molecule has 1 radical (unpaired) electrons. The summed E-state index contributed by atoms with van der Waals surface area (Å²) in [4.78, 5) is 9.34. The van der Waals surface area contributed by atoms with Crippen LogP contribution in [-0.4, -0.2) is 18.0 Å². The molecule has 0 spiro atoms. The van der Waals surface area contributed by atoms with E-state index in [-0.39, 0.29) is 25.5 Å². The Balaban J connectivity index is 0.000000223. The van der Waals surface area contributed by atoms with Crippen LogP contribution in [0.1, 0.15) is 69.7 Å². The van der Waals surface area contributed by atoms with Crippen molar-refractivity contribution in [3.05, 3.63) is 150 Å². The second kappa shape index (κ2) is 16.9. The molecule has 7 aromatic rings. The molecule has 0 amide bonds. The molecule has 0 aliphatic rings. The van der Waals surface area contributed by atoms with Gasteiger partial charge >= 0.3 is 0 Å². The molecule has 0 aliphatic heterocycles. The molecule has 0 fully saturated rings. The molecular formula is C48H52IrN2OSi-2. The average Bonchev–Trinajstić information content (AvgIpc) is 3.48. The average molecular weight is 893 g/mol. The summed E-state index contributed by atoms with van der Waals surface area (Å²) in [6.45, 7) is 20.9. The van der Waals surface area contributed by atoms with E-state index in [2.05, 4.69) is 168 Å². The Hall–Kier alpha value is -4.15. The third-order valence-electron chi connectivity index (χ3n) is 9.99. The Bertz CT molecular complexity index is 2260.